The number of piperazine rings is 1. The monoisotopic (exact) mass is 359 g/mol. The van der Waals surface area contributed by atoms with E-state index in [9.17, 15) is 4.79 Å². The Labute approximate surface area is 157 Å². The molecule has 1 aromatic heterocycles. The molecule has 26 heavy (non-hydrogen) atoms. The van der Waals surface area contributed by atoms with Gasteiger partial charge in [0.25, 0.3) is 5.91 Å². The maximum absolute atomic E-state index is 12.8. The molecule has 2 aliphatic rings. The fraction of sp³-hybridized carbons (Fsp3) is 0.700. The number of hydrogen-bond acceptors (Lipinski definition) is 5. The first-order valence-corrected chi connectivity index (χ1v) is 10.1. The minimum Gasteiger partial charge on any atom is -0.336 e. The summed E-state index contributed by atoms with van der Waals surface area (Å²) in [7, 11) is 0. The van der Waals surface area contributed by atoms with Gasteiger partial charge in [0.1, 0.15) is 5.82 Å². The molecular formula is C20H33N5O. The molecule has 6 heteroatoms. The summed E-state index contributed by atoms with van der Waals surface area (Å²) in [6, 6.07) is 4.48. The average Bonchev–Trinajstić information content (AvgIpc) is 2.69. The first-order chi connectivity index (χ1) is 12.6. The molecule has 0 N–H and O–H groups in total. The number of anilines is 1. The summed E-state index contributed by atoms with van der Waals surface area (Å²) in [5.74, 6) is 1.05. The largest absolute Gasteiger partial charge is 0.336 e. The second-order valence-corrected chi connectivity index (χ2v) is 7.56. The van der Waals surface area contributed by atoms with Crippen molar-refractivity contribution < 1.29 is 4.79 Å². The lowest BCUT2D eigenvalue weighted by Gasteiger charge is -2.38. The van der Waals surface area contributed by atoms with E-state index >= 15 is 0 Å². The third kappa shape index (κ3) is 4.35. The third-order valence-corrected chi connectivity index (χ3v) is 5.56. The van der Waals surface area contributed by atoms with Gasteiger partial charge in [-0.2, -0.15) is 0 Å². The number of carbonyl (C=O) groups is 1. The van der Waals surface area contributed by atoms with E-state index in [-0.39, 0.29) is 5.91 Å². The second kappa shape index (κ2) is 8.82. The Kier molecular flexibility index (Phi) is 6.48. The Morgan fingerprint density at radius 2 is 1.77 bits per heavy atom. The van der Waals surface area contributed by atoms with Crippen molar-refractivity contribution in [1.82, 2.24) is 19.8 Å². The van der Waals surface area contributed by atoms with E-state index in [1.165, 1.54) is 19.3 Å². The van der Waals surface area contributed by atoms with Gasteiger partial charge in [0.15, 0.2) is 0 Å². The number of pyridine rings is 1. The van der Waals surface area contributed by atoms with E-state index in [4.69, 9.17) is 0 Å². The van der Waals surface area contributed by atoms with Crippen LogP contribution in [0.25, 0.3) is 0 Å². The van der Waals surface area contributed by atoms with Gasteiger partial charge in [-0.1, -0.05) is 6.42 Å². The van der Waals surface area contributed by atoms with Gasteiger partial charge in [-0.15, -0.1) is 0 Å². The van der Waals surface area contributed by atoms with Crippen LogP contribution in [0.2, 0.25) is 0 Å². The summed E-state index contributed by atoms with van der Waals surface area (Å²) in [4.78, 5) is 21.8. The molecule has 2 saturated heterocycles. The van der Waals surface area contributed by atoms with Crippen molar-refractivity contribution in [2.45, 2.75) is 46.1 Å². The standard InChI is InChI=1S/C20H33N5O/c1-4-25(24-10-6-5-7-11-24)19-9-8-18(16-21-19)20(26)23-14-12-22(13-15-23)17(2)3/h8-9,16-17H,4-7,10-15H2,1-3H3. The zero-order valence-electron chi connectivity index (χ0n) is 16.5. The number of hydrogen-bond donors (Lipinski definition) is 0. The van der Waals surface area contributed by atoms with E-state index in [1.54, 1.807) is 6.20 Å². The fourth-order valence-electron chi connectivity index (χ4n) is 3.91. The van der Waals surface area contributed by atoms with E-state index in [0.717, 1.165) is 51.6 Å². The van der Waals surface area contributed by atoms with Gasteiger partial charge in [-0.05, 0) is 45.7 Å². The molecule has 1 amide bonds. The minimum absolute atomic E-state index is 0.105. The van der Waals surface area contributed by atoms with Crippen molar-refractivity contribution >= 4 is 11.7 Å². The molecule has 6 nitrogen and oxygen atoms in total. The zero-order chi connectivity index (χ0) is 18.5. The Balaban J connectivity index is 1.62. The number of aromatic nitrogens is 1. The highest BCUT2D eigenvalue weighted by atomic mass is 16.2. The van der Waals surface area contributed by atoms with Crippen molar-refractivity contribution in [2.24, 2.45) is 0 Å². The summed E-state index contributed by atoms with van der Waals surface area (Å²) in [5, 5.41) is 4.63. The summed E-state index contributed by atoms with van der Waals surface area (Å²) in [5.41, 5.74) is 0.696. The lowest BCUT2D eigenvalue weighted by Crippen LogP contribution is -2.50. The first kappa shape index (κ1) is 19.1. The number of amides is 1. The summed E-state index contributed by atoms with van der Waals surface area (Å²) < 4.78 is 0. The van der Waals surface area contributed by atoms with Gasteiger partial charge in [0, 0.05) is 58.1 Å². The summed E-state index contributed by atoms with van der Waals surface area (Å²) in [6.45, 7) is 13.2. The molecule has 3 rings (SSSR count). The average molecular weight is 360 g/mol. The number of rotatable bonds is 5. The van der Waals surface area contributed by atoms with Gasteiger partial charge in [-0.3, -0.25) is 14.7 Å². The molecule has 0 atom stereocenters. The van der Waals surface area contributed by atoms with Crippen molar-refractivity contribution in [3.05, 3.63) is 23.9 Å². The summed E-state index contributed by atoms with van der Waals surface area (Å²) in [6.07, 6.45) is 5.56. The molecule has 0 aliphatic carbocycles. The molecular weight excluding hydrogens is 326 g/mol. The van der Waals surface area contributed by atoms with Crippen LogP contribution in [0.1, 0.15) is 50.4 Å². The van der Waals surface area contributed by atoms with Gasteiger partial charge < -0.3 is 4.90 Å². The number of carbonyl (C=O) groups excluding carboxylic acids is 1. The van der Waals surface area contributed by atoms with Crippen molar-refractivity contribution in [3.63, 3.8) is 0 Å². The SMILES string of the molecule is CCN(c1ccc(C(=O)N2CCN(C(C)C)CC2)cn1)N1CCCCC1. The van der Waals surface area contributed by atoms with Crippen LogP contribution in [0.15, 0.2) is 18.3 Å². The highest BCUT2D eigenvalue weighted by Crippen LogP contribution is 2.19. The maximum Gasteiger partial charge on any atom is 0.255 e. The normalized spacial score (nSPS) is 19.8. The fourth-order valence-corrected chi connectivity index (χ4v) is 3.91. The molecule has 0 spiro atoms. The predicted octanol–water partition coefficient (Wildman–Crippen LogP) is 2.48. The number of hydrazine groups is 1. The topological polar surface area (TPSA) is 42.9 Å². The molecule has 2 fully saturated rings. The second-order valence-electron chi connectivity index (χ2n) is 7.56. The van der Waals surface area contributed by atoms with Crippen molar-refractivity contribution in [3.8, 4) is 0 Å². The van der Waals surface area contributed by atoms with Crippen LogP contribution in [0.5, 0.6) is 0 Å². The molecule has 0 saturated carbocycles. The highest BCUT2D eigenvalue weighted by molar-refractivity contribution is 5.94. The molecule has 0 unspecified atom stereocenters. The Morgan fingerprint density at radius 1 is 1.08 bits per heavy atom. The molecule has 3 heterocycles. The molecule has 0 aromatic carbocycles. The van der Waals surface area contributed by atoms with E-state index in [0.29, 0.717) is 11.6 Å². The van der Waals surface area contributed by atoms with Crippen LogP contribution >= 0.6 is 0 Å². The van der Waals surface area contributed by atoms with Gasteiger partial charge in [0.2, 0.25) is 0 Å². The highest BCUT2D eigenvalue weighted by Gasteiger charge is 2.24. The van der Waals surface area contributed by atoms with Crippen LogP contribution in [0.3, 0.4) is 0 Å². The number of nitrogens with zero attached hydrogens (tertiary/aromatic N) is 5. The Morgan fingerprint density at radius 3 is 2.31 bits per heavy atom. The molecule has 1 aromatic rings. The van der Waals surface area contributed by atoms with E-state index in [2.05, 4.69) is 40.7 Å². The number of piperidine rings is 1. The van der Waals surface area contributed by atoms with Crippen LogP contribution in [0.4, 0.5) is 5.82 Å². The predicted molar refractivity (Wildman–Crippen MR) is 105 cm³/mol. The zero-order valence-corrected chi connectivity index (χ0v) is 16.5. The molecule has 0 bridgehead atoms. The van der Waals surface area contributed by atoms with Crippen molar-refractivity contribution in [1.29, 1.82) is 0 Å². The molecule has 2 aliphatic heterocycles. The van der Waals surface area contributed by atoms with Crippen LogP contribution in [-0.2, 0) is 0 Å². The van der Waals surface area contributed by atoms with Gasteiger partial charge in [-0.25, -0.2) is 9.99 Å². The molecule has 144 valence electrons. The van der Waals surface area contributed by atoms with Crippen LogP contribution in [-0.4, -0.2) is 77.6 Å². The Hall–Kier alpha value is -1.66. The van der Waals surface area contributed by atoms with Gasteiger partial charge in [0.05, 0.1) is 5.56 Å². The summed E-state index contributed by atoms with van der Waals surface area (Å²) >= 11 is 0. The van der Waals surface area contributed by atoms with Gasteiger partial charge >= 0.3 is 0 Å². The van der Waals surface area contributed by atoms with E-state index < -0.39 is 0 Å². The smallest absolute Gasteiger partial charge is 0.255 e. The Bertz CT molecular complexity index is 574. The third-order valence-electron chi connectivity index (χ3n) is 5.56. The molecule has 0 radical (unpaired) electrons. The quantitative estimate of drug-likeness (QED) is 0.808. The van der Waals surface area contributed by atoms with Crippen LogP contribution < -0.4 is 5.01 Å². The lowest BCUT2D eigenvalue weighted by atomic mass is 10.1. The lowest BCUT2D eigenvalue weighted by molar-refractivity contribution is 0.0595. The maximum atomic E-state index is 12.8. The van der Waals surface area contributed by atoms with Crippen LogP contribution in [0, 0.1) is 0 Å². The van der Waals surface area contributed by atoms with E-state index in [1.807, 2.05) is 17.0 Å². The first-order valence-electron chi connectivity index (χ1n) is 10.1. The van der Waals surface area contributed by atoms with Crippen molar-refractivity contribution in [2.75, 3.05) is 50.8 Å². The minimum atomic E-state index is 0.105.